The van der Waals surface area contributed by atoms with Gasteiger partial charge in [-0.1, -0.05) is 41.5 Å². The minimum Gasteiger partial charge on any atom is -0.478 e. The molecule has 4 aromatic rings. The first-order valence-corrected chi connectivity index (χ1v) is 11.1. The van der Waals surface area contributed by atoms with Crippen LogP contribution in [0, 0.1) is 13.8 Å². The van der Waals surface area contributed by atoms with Gasteiger partial charge in [0.15, 0.2) is 0 Å². The van der Waals surface area contributed by atoms with Crippen LogP contribution in [0.4, 0.5) is 5.69 Å². The first kappa shape index (κ1) is 20.6. The normalized spacial score (nSPS) is 11.4. The van der Waals surface area contributed by atoms with Gasteiger partial charge in [0.1, 0.15) is 0 Å². The molecule has 0 fully saturated rings. The van der Waals surface area contributed by atoms with Crippen molar-refractivity contribution in [1.82, 2.24) is 4.98 Å². The summed E-state index contributed by atoms with van der Waals surface area (Å²) in [5, 5.41) is 10.2. The molecule has 7 heteroatoms. The molecule has 31 heavy (non-hydrogen) atoms. The first-order chi connectivity index (χ1) is 14.7. The number of anilines is 1. The Labute approximate surface area is 180 Å². The Balaban J connectivity index is 1.75. The van der Waals surface area contributed by atoms with Crippen LogP contribution in [0.5, 0.6) is 0 Å². The molecule has 1 heterocycles. The van der Waals surface area contributed by atoms with E-state index in [0.717, 1.165) is 11.1 Å². The monoisotopic (exact) mass is 432 g/mol. The molecule has 0 saturated heterocycles. The zero-order chi connectivity index (χ0) is 22.2. The fraction of sp³-hybridized carbons (Fsp3) is 0.0833. The molecule has 0 amide bonds. The fourth-order valence-corrected chi connectivity index (χ4v) is 4.39. The van der Waals surface area contributed by atoms with E-state index in [4.69, 9.17) is 0 Å². The lowest BCUT2D eigenvalue weighted by molar-refractivity contribution is 0.0699. The molecule has 4 rings (SSSR count). The Hall–Kier alpha value is -3.71. The molecule has 0 aliphatic carbocycles. The largest absolute Gasteiger partial charge is 0.478 e. The van der Waals surface area contributed by atoms with E-state index in [1.807, 2.05) is 19.9 Å². The van der Waals surface area contributed by atoms with Gasteiger partial charge in [-0.05, 0) is 56.3 Å². The number of rotatable bonds is 5. The van der Waals surface area contributed by atoms with Gasteiger partial charge in [-0.3, -0.25) is 4.72 Å². The number of sulfonamides is 1. The number of aryl methyl sites for hydroxylation is 2. The maximum atomic E-state index is 12.7. The highest BCUT2D eigenvalue weighted by Crippen LogP contribution is 2.28. The number of hydrogen-bond acceptors (Lipinski definition) is 4. The van der Waals surface area contributed by atoms with E-state index >= 15 is 0 Å². The third-order valence-corrected chi connectivity index (χ3v) is 6.33. The molecular formula is C24H20N2O4S. The third-order valence-electron chi connectivity index (χ3n) is 4.94. The van der Waals surface area contributed by atoms with Crippen molar-refractivity contribution >= 4 is 32.6 Å². The quantitative estimate of drug-likeness (QED) is 0.462. The molecule has 2 N–H and O–H groups in total. The van der Waals surface area contributed by atoms with E-state index in [1.54, 1.807) is 60.7 Å². The van der Waals surface area contributed by atoms with Crippen LogP contribution in [0.2, 0.25) is 0 Å². The smallest absolute Gasteiger partial charge is 0.336 e. The van der Waals surface area contributed by atoms with Gasteiger partial charge in [0.25, 0.3) is 10.0 Å². The van der Waals surface area contributed by atoms with Crippen molar-refractivity contribution < 1.29 is 18.3 Å². The molecule has 3 aromatic carbocycles. The van der Waals surface area contributed by atoms with Crippen LogP contribution in [0.3, 0.4) is 0 Å². The molecule has 0 saturated carbocycles. The summed E-state index contributed by atoms with van der Waals surface area (Å²) in [7, 11) is -3.75. The second kappa shape index (κ2) is 7.85. The van der Waals surface area contributed by atoms with Gasteiger partial charge < -0.3 is 5.11 Å². The number of nitrogens with zero attached hydrogens (tertiary/aromatic N) is 1. The number of benzene rings is 3. The van der Waals surface area contributed by atoms with Gasteiger partial charge in [-0.15, -0.1) is 0 Å². The van der Waals surface area contributed by atoms with Crippen molar-refractivity contribution in [3.63, 3.8) is 0 Å². The van der Waals surface area contributed by atoms with E-state index in [1.165, 1.54) is 6.07 Å². The molecule has 0 aliphatic heterocycles. The summed E-state index contributed by atoms with van der Waals surface area (Å²) >= 11 is 0. The van der Waals surface area contributed by atoms with E-state index in [0.29, 0.717) is 27.8 Å². The molecule has 0 aliphatic rings. The number of aromatic nitrogens is 1. The summed E-state index contributed by atoms with van der Waals surface area (Å²) in [4.78, 5) is 16.6. The Morgan fingerprint density at radius 2 is 1.61 bits per heavy atom. The van der Waals surface area contributed by atoms with Gasteiger partial charge in [0.2, 0.25) is 0 Å². The molecule has 1 aromatic heterocycles. The van der Waals surface area contributed by atoms with E-state index < -0.39 is 16.0 Å². The second-order valence-corrected chi connectivity index (χ2v) is 9.06. The molecule has 0 spiro atoms. The average molecular weight is 433 g/mol. The number of carbonyl (C=O) groups is 1. The molecule has 6 nitrogen and oxygen atoms in total. The highest BCUT2D eigenvalue weighted by molar-refractivity contribution is 7.92. The Kier molecular flexibility index (Phi) is 5.20. The highest BCUT2D eigenvalue weighted by atomic mass is 32.2. The highest BCUT2D eigenvalue weighted by Gasteiger charge is 2.16. The Bertz CT molecular complexity index is 1410. The van der Waals surface area contributed by atoms with E-state index in [2.05, 4.69) is 9.71 Å². The van der Waals surface area contributed by atoms with Crippen molar-refractivity contribution in [2.45, 2.75) is 18.7 Å². The van der Waals surface area contributed by atoms with Gasteiger partial charge in [-0.2, -0.15) is 0 Å². The number of pyridine rings is 1. The topological polar surface area (TPSA) is 96.4 Å². The molecule has 0 bridgehead atoms. The number of carboxylic acids is 1. The summed E-state index contributed by atoms with van der Waals surface area (Å²) in [6.45, 7) is 3.78. The lowest BCUT2D eigenvalue weighted by Crippen LogP contribution is -2.12. The number of nitrogens with one attached hydrogen (secondary N) is 1. The van der Waals surface area contributed by atoms with Crippen molar-refractivity contribution in [3.05, 3.63) is 89.5 Å². The Morgan fingerprint density at radius 1 is 0.903 bits per heavy atom. The van der Waals surface area contributed by atoms with Gasteiger partial charge >= 0.3 is 5.97 Å². The van der Waals surface area contributed by atoms with Crippen LogP contribution in [0.1, 0.15) is 21.5 Å². The molecule has 0 unspecified atom stereocenters. The Morgan fingerprint density at radius 3 is 2.32 bits per heavy atom. The zero-order valence-electron chi connectivity index (χ0n) is 17.0. The minimum absolute atomic E-state index is 0.148. The maximum absolute atomic E-state index is 12.7. The van der Waals surface area contributed by atoms with Gasteiger partial charge in [0, 0.05) is 16.6 Å². The molecular weight excluding hydrogens is 412 g/mol. The van der Waals surface area contributed by atoms with Crippen LogP contribution in [0.15, 0.2) is 77.7 Å². The van der Waals surface area contributed by atoms with Crippen molar-refractivity contribution in [2.75, 3.05) is 4.72 Å². The van der Waals surface area contributed by atoms with Crippen molar-refractivity contribution in [2.24, 2.45) is 0 Å². The van der Waals surface area contributed by atoms with Crippen LogP contribution in [-0.2, 0) is 10.0 Å². The standard InChI is InChI=1S/C24H20N2O4S/c1-15-6-9-19(10-7-15)31(29,30)26-18-5-3-4-17(13-18)23-14-21(24(27)28)20-12-16(2)8-11-22(20)25-23/h3-14,26H,1-2H3,(H,27,28). The predicted octanol–water partition coefficient (Wildman–Crippen LogP) is 5.02. The summed E-state index contributed by atoms with van der Waals surface area (Å²) < 4.78 is 28.0. The minimum atomic E-state index is -3.75. The summed E-state index contributed by atoms with van der Waals surface area (Å²) in [6.07, 6.45) is 0. The molecule has 0 atom stereocenters. The lowest BCUT2D eigenvalue weighted by atomic mass is 10.0. The predicted molar refractivity (Wildman–Crippen MR) is 121 cm³/mol. The van der Waals surface area contributed by atoms with E-state index in [-0.39, 0.29) is 10.5 Å². The number of carboxylic acid groups (broad SMARTS) is 1. The van der Waals surface area contributed by atoms with Crippen LogP contribution in [0.25, 0.3) is 22.2 Å². The van der Waals surface area contributed by atoms with Gasteiger partial charge in [-0.25, -0.2) is 18.2 Å². The lowest BCUT2D eigenvalue weighted by Gasteiger charge is -2.11. The molecule has 156 valence electrons. The number of fused-ring (bicyclic) bond motifs is 1. The van der Waals surface area contributed by atoms with E-state index in [9.17, 15) is 18.3 Å². The van der Waals surface area contributed by atoms with Crippen LogP contribution >= 0.6 is 0 Å². The summed E-state index contributed by atoms with van der Waals surface area (Å²) in [6, 6.07) is 20.3. The average Bonchev–Trinajstić information content (AvgIpc) is 2.73. The van der Waals surface area contributed by atoms with Crippen molar-refractivity contribution in [1.29, 1.82) is 0 Å². The molecule has 0 radical (unpaired) electrons. The van der Waals surface area contributed by atoms with Crippen LogP contribution < -0.4 is 4.72 Å². The van der Waals surface area contributed by atoms with Crippen LogP contribution in [-0.4, -0.2) is 24.5 Å². The van der Waals surface area contributed by atoms with Crippen molar-refractivity contribution in [3.8, 4) is 11.3 Å². The summed E-state index contributed by atoms with van der Waals surface area (Å²) in [5.74, 6) is -1.05. The van der Waals surface area contributed by atoms with Gasteiger partial charge in [0.05, 0.1) is 21.7 Å². The zero-order valence-corrected chi connectivity index (χ0v) is 17.8. The first-order valence-electron chi connectivity index (χ1n) is 9.57. The SMILES string of the molecule is Cc1ccc(S(=O)(=O)Nc2cccc(-c3cc(C(=O)O)c4cc(C)ccc4n3)c2)cc1. The summed E-state index contributed by atoms with van der Waals surface area (Å²) in [5.41, 5.74) is 4.03. The number of aromatic carboxylic acids is 1. The fourth-order valence-electron chi connectivity index (χ4n) is 3.34. The second-order valence-electron chi connectivity index (χ2n) is 7.38. The maximum Gasteiger partial charge on any atom is 0.336 e. The number of hydrogen-bond donors (Lipinski definition) is 2. The third kappa shape index (κ3) is 4.27.